The van der Waals surface area contributed by atoms with Gasteiger partial charge in [0.15, 0.2) is 0 Å². The van der Waals surface area contributed by atoms with Gasteiger partial charge in [0.05, 0.1) is 23.8 Å². The van der Waals surface area contributed by atoms with E-state index in [1.54, 1.807) is 4.90 Å². The summed E-state index contributed by atoms with van der Waals surface area (Å²) in [7, 11) is 1.51. The summed E-state index contributed by atoms with van der Waals surface area (Å²) < 4.78 is 84.5. The van der Waals surface area contributed by atoms with Crippen molar-refractivity contribution in [1.82, 2.24) is 10.2 Å². The Kier molecular flexibility index (Phi) is 7.02. The Morgan fingerprint density at radius 3 is 2.16 bits per heavy atom. The number of carbonyl (C=O) groups excluding carboxylic acids is 1. The molecule has 2 unspecified atom stereocenters. The van der Waals surface area contributed by atoms with Crippen LogP contribution in [0, 0.1) is 0 Å². The molecule has 0 aromatic heterocycles. The summed E-state index contributed by atoms with van der Waals surface area (Å²) in [5.41, 5.74) is -2.10. The SMILES string of the molecule is CNC(=O)N1CCC(OCc2cc(C(F)(F)F)cc(C(F)(F)F)c2)C(c2ccccc2)C1. The van der Waals surface area contributed by atoms with E-state index in [9.17, 15) is 31.1 Å². The minimum absolute atomic E-state index is 0.0954. The van der Waals surface area contributed by atoms with Crippen molar-refractivity contribution >= 4 is 6.03 Å². The maximum atomic E-state index is 13.1. The first-order valence-electron chi connectivity index (χ1n) is 9.90. The summed E-state index contributed by atoms with van der Waals surface area (Å²) >= 11 is 0. The maximum Gasteiger partial charge on any atom is 0.416 e. The standard InChI is InChI=1S/C22H22F6N2O2/c1-29-20(31)30-8-7-19(18(12-30)15-5-3-2-4-6-15)32-13-14-9-16(21(23,24)25)11-17(10-14)22(26,27)28/h2-6,9-11,18-19H,7-8,12-13H2,1H3,(H,29,31). The molecule has 2 aromatic rings. The zero-order valence-corrected chi connectivity index (χ0v) is 17.1. The number of carbonyl (C=O) groups is 1. The van der Waals surface area contributed by atoms with E-state index in [0.717, 1.165) is 5.56 Å². The topological polar surface area (TPSA) is 41.6 Å². The highest BCUT2D eigenvalue weighted by Gasteiger charge is 2.37. The Morgan fingerprint density at radius 1 is 1.03 bits per heavy atom. The zero-order valence-electron chi connectivity index (χ0n) is 17.1. The molecular formula is C22H22F6N2O2. The largest absolute Gasteiger partial charge is 0.416 e. The van der Waals surface area contributed by atoms with Crippen molar-refractivity contribution in [2.75, 3.05) is 20.1 Å². The number of nitrogens with zero attached hydrogens (tertiary/aromatic N) is 1. The quantitative estimate of drug-likeness (QED) is 0.618. The Hall–Kier alpha value is -2.75. The van der Waals surface area contributed by atoms with Gasteiger partial charge in [0.2, 0.25) is 0 Å². The molecule has 1 heterocycles. The number of alkyl halides is 6. The lowest BCUT2D eigenvalue weighted by Crippen LogP contribution is -2.48. The van der Waals surface area contributed by atoms with Crippen LogP contribution in [0.5, 0.6) is 0 Å². The first-order chi connectivity index (χ1) is 15.0. The second kappa shape index (κ2) is 9.40. The van der Waals surface area contributed by atoms with Gasteiger partial charge < -0.3 is 15.0 Å². The van der Waals surface area contributed by atoms with Crippen LogP contribution in [0.1, 0.15) is 34.6 Å². The van der Waals surface area contributed by atoms with Crippen LogP contribution in [0.3, 0.4) is 0 Å². The molecule has 4 nitrogen and oxygen atoms in total. The van der Waals surface area contributed by atoms with Crippen molar-refractivity contribution in [2.45, 2.75) is 37.4 Å². The predicted octanol–water partition coefficient (Wildman–Crippen LogP) is 5.44. The van der Waals surface area contributed by atoms with Crippen molar-refractivity contribution in [3.63, 3.8) is 0 Å². The number of nitrogens with one attached hydrogen (secondary N) is 1. The number of hydrogen-bond donors (Lipinski definition) is 1. The van der Waals surface area contributed by atoms with Crippen LogP contribution in [0.25, 0.3) is 0 Å². The summed E-state index contributed by atoms with van der Waals surface area (Å²) in [4.78, 5) is 13.7. The van der Waals surface area contributed by atoms with Gasteiger partial charge in [-0.25, -0.2) is 4.79 Å². The van der Waals surface area contributed by atoms with E-state index in [-0.39, 0.29) is 23.6 Å². The van der Waals surface area contributed by atoms with Gasteiger partial charge in [-0.05, 0) is 35.7 Å². The van der Waals surface area contributed by atoms with Gasteiger partial charge in [0.25, 0.3) is 0 Å². The molecular weight excluding hydrogens is 438 g/mol. The average molecular weight is 460 g/mol. The average Bonchev–Trinajstić information content (AvgIpc) is 2.76. The fourth-order valence-electron chi connectivity index (χ4n) is 3.80. The lowest BCUT2D eigenvalue weighted by Gasteiger charge is -2.38. The number of urea groups is 1. The number of benzene rings is 2. The molecule has 0 saturated carbocycles. The van der Waals surface area contributed by atoms with Crippen molar-refractivity contribution in [3.8, 4) is 0 Å². The van der Waals surface area contributed by atoms with Crippen LogP contribution in [-0.2, 0) is 23.7 Å². The van der Waals surface area contributed by atoms with E-state index >= 15 is 0 Å². The molecule has 1 aliphatic heterocycles. The normalized spacial score (nSPS) is 19.7. The molecule has 1 N–H and O–H groups in total. The molecule has 10 heteroatoms. The Bertz CT molecular complexity index is 898. The van der Waals surface area contributed by atoms with Crippen LogP contribution < -0.4 is 5.32 Å². The highest BCUT2D eigenvalue weighted by atomic mass is 19.4. The van der Waals surface area contributed by atoms with E-state index in [1.807, 2.05) is 30.3 Å². The number of hydrogen-bond acceptors (Lipinski definition) is 2. The minimum Gasteiger partial charge on any atom is -0.373 e. The van der Waals surface area contributed by atoms with Crippen LogP contribution in [0.2, 0.25) is 0 Å². The van der Waals surface area contributed by atoms with Gasteiger partial charge in [-0.2, -0.15) is 26.3 Å². The number of amides is 2. The molecule has 1 fully saturated rings. The van der Waals surface area contributed by atoms with E-state index in [4.69, 9.17) is 4.74 Å². The molecule has 0 aliphatic carbocycles. The molecule has 2 atom stereocenters. The summed E-state index contributed by atoms with van der Waals surface area (Å²) in [6.45, 7) is 0.246. The molecule has 3 rings (SSSR count). The summed E-state index contributed by atoms with van der Waals surface area (Å²) in [5.74, 6) is -0.282. The number of ether oxygens (including phenoxy) is 1. The Balaban J connectivity index is 1.83. The van der Waals surface area contributed by atoms with E-state index < -0.39 is 36.2 Å². The third-order valence-electron chi connectivity index (χ3n) is 5.39. The number of piperidine rings is 1. The molecule has 2 aromatic carbocycles. The second-order valence-corrected chi connectivity index (χ2v) is 7.57. The molecule has 1 saturated heterocycles. The predicted molar refractivity (Wildman–Crippen MR) is 105 cm³/mol. The molecule has 32 heavy (non-hydrogen) atoms. The van der Waals surface area contributed by atoms with Gasteiger partial charge in [-0.15, -0.1) is 0 Å². The van der Waals surface area contributed by atoms with Crippen LogP contribution in [0.15, 0.2) is 48.5 Å². The molecule has 0 radical (unpaired) electrons. The zero-order chi connectivity index (χ0) is 23.5. The summed E-state index contributed by atoms with van der Waals surface area (Å²) in [6, 6.07) is 10.3. The molecule has 2 amide bonds. The lowest BCUT2D eigenvalue weighted by atomic mass is 9.88. The summed E-state index contributed by atoms with van der Waals surface area (Å²) in [5, 5.41) is 2.55. The lowest BCUT2D eigenvalue weighted by molar-refractivity contribution is -0.143. The van der Waals surface area contributed by atoms with Crippen molar-refractivity contribution in [2.24, 2.45) is 0 Å². The first-order valence-corrected chi connectivity index (χ1v) is 9.90. The highest BCUT2D eigenvalue weighted by molar-refractivity contribution is 5.74. The number of rotatable bonds is 4. The van der Waals surface area contributed by atoms with Crippen LogP contribution in [0.4, 0.5) is 31.1 Å². The molecule has 0 spiro atoms. The van der Waals surface area contributed by atoms with E-state index in [1.165, 1.54) is 7.05 Å². The Morgan fingerprint density at radius 2 is 1.62 bits per heavy atom. The molecule has 0 bridgehead atoms. The van der Waals surface area contributed by atoms with E-state index in [2.05, 4.69) is 5.32 Å². The van der Waals surface area contributed by atoms with Crippen LogP contribution >= 0.6 is 0 Å². The fourth-order valence-corrected chi connectivity index (χ4v) is 3.80. The summed E-state index contributed by atoms with van der Waals surface area (Å²) in [6.07, 6.45) is -9.93. The minimum atomic E-state index is -4.92. The van der Waals surface area contributed by atoms with Gasteiger partial charge in [0.1, 0.15) is 0 Å². The van der Waals surface area contributed by atoms with Gasteiger partial charge in [0, 0.05) is 26.1 Å². The van der Waals surface area contributed by atoms with Crippen molar-refractivity contribution in [3.05, 3.63) is 70.8 Å². The van der Waals surface area contributed by atoms with E-state index in [0.29, 0.717) is 31.6 Å². The third kappa shape index (κ3) is 5.73. The van der Waals surface area contributed by atoms with Crippen LogP contribution in [-0.4, -0.2) is 37.2 Å². The maximum absolute atomic E-state index is 13.1. The number of likely N-dealkylation sites (tertiary alicyclic amines) is 1. The van der Waals surface area contributed by atoms with Crippen molar-refractivity contribution in [1.29, 1.82) is 0 Å². The smallest absolute Gasteiger partial charge is 0.373 e. The second-order valence-electron chi connectivity index (χ2n) is 7.57. The van der Waals surface area contributed by atoms with Gasteiger partial charge >= 0.3 is 18.4 Å². The molecule has 1 aliphatic rings. The molecule has 174 valence electrons. The fraction of sp³-hybridized carbons (Fsp3) is 0.409. The van der Waals surface area contributed by atoms with Gasteiger partial charge in [-0.1, -0.05) is 30.3 Å². The monoisotopic (exact) mass is 460 g/mol. The third-order valence-corrected chi connectivity index (χ3v) is 5.39. The van der Waals surface area contributed by atoms with Crippen molar-refractivity contribution < 1.29 is 35.9 Å². The first kappa shape index (κ1) is 23.9. The highest BCUT2D eigenvalue weighted by Crippen LogP contribution is 2.37. The number of halogens is 6. The Labute approximate surface area is 181 Å². The van der Waals surface area contributed by atoms with Gasteiger partial charge in [-0.3, -0.25) is 0 Å².